The predicted octanol–water partition coefficient (Wildman–Crippen LogP) is -0.302. The maximum absolute atomic E-state index is 11.8. The van der Waals surface area contributed by atoms with Crippen molar-refractivity contribution < 1.29 is 32.6 Å². The zero-order valence-electron chi connectivity index (χ0n) is 7.82. The average molecular weight is 229 g/mol. The molecule has 0 amide bonds. The van der Waals surface area contributed by atoms with E-state index in [9.17, 15) is 23.1 Å². The van der Waals surface area contributed by atoms with E-state index in [0.717, 1.165) is 5.06 Å². The smallest absolute Gasteiger partial charge is 0.389 e. The van der Waals surface area contributed by atoms with Crippen molar-refractivity contribution in [3.63, 3.8) is 0 Å². The second kappa shape index (κ2) is 4.33. The number of β-amino-alcohol motifs (C(OH)–C–C–N with tert-alkyl or cyclic N) is 1. The van der Waals surface area contributed by atoms with Gasteiger partial charge in [0, 0.05) is 7.11 Å². The van der Waals surface area contributed by atoms with Crippen LogP contribution in [-0.2, 0) is 14.4 Å². The Bertz CT molecular complexity index is 245. The van der Waals surface area contributed by atoms with E-state index < -0.39 is 24.4 Å². The summed E-state index contributed by atoms with van der Waals surface area (Å²) in [5, 5.41) is 9.97. The molecule has 2 atom stereocenters. The molecular formula is C7H10F3NO4. The summed E-state index contributed by atoms with van der Waals surface area (Å²) in [6.45, 7) is -0.278. The first-order valence-corrected chi connectivity index (χ1v) is 4.09. The Labute approximate surface area is 83.3 Å². The Kier molecular flexibility index (Phi) is 3.53. The number of nitrogens with zero attached hydrogens (tertiary/aromatic N) is 1. The second-order valence-corrected chi connectivity index (χ2v) is 3.06. The van der Waals surface area contributed by atoms with E-state index in [2.05, 4.69) is 4.84 Å². The summed E-state index contributed by atoms with van der Waals surface area (Å²) >= 11 is 0. The van der Waals surface area contributed by atoms with Crippen LogP contribution in [0.5, 0.6) is 0 Å². The van der Waals surface area contributed by atoms with Gasteiger partial charge in [0.15, 0.2) is 0 Å². The lowest BCUT2D eigenvalue weighted by atomic mass is 10.3. The molecule has 0 aromatic heterocycles. The van der Waals surface area contributed by atoms with Crippen molar-refractivity contribution in [1.29, 1.82) is 0 Å². The second-order valence-electron chi connectivity index (χ2n) is 3.06. The minimum atomic E-state index is -5.03. The number of rotatable bonds is 2. The van der Waals surface area contributed by atoms with Gasteiger partial charge in [-0.1, -0.05) is 0 Å². The predicted molar refractivity (Wildman–Crippen MR) is 40.5 cm³/mol. The number of methoxy groups -OCH3 is 1. The molecule has 1 fully saturated rings. The topological polar surface area (TPSA) is 59.0 Å². The van der Waals surface area contributed by atoms with Crippen molar-refractivity contribution in [2.24, 2.45) is 0 Å². The molecule has 1 heterocycles. The number of alkyl halides is 3. The molecule has 0 saturated carbocycles. The SMILES string of the molecule is CO[C@@H]1CN(OC(=O)C(F)(F)F)C[C@H]1O. The van der Waals surface area contributed by atoms with Crippen LogP contribution in [0.3, 0.4) is 0 Å². The number of carbonyl (C=O) groups excluding carboxylic acids is 1. The first-order valence-electron chi connectivity index (χ1n) is 4.09. The highest BCUT2D eigenvalue weighted by Gasteiger charge is 2.44. The molecule has 0 aromatic carbocycles. The molecule has 1 aliphatic rings. The van der Waals surface area contributed by atoms with Gasteiger partial charge in [0.1, 0.15) is 6.10 Å². The fraction of sp³-hybridized carbons (Fsp3) is 0.857. The van der Waals surface area contributed by atoms with Crippen LogP contribution in [0.15, 0.2) is 0 Å². The zero-order valence-corrected chi connectivity index (χ0v) is 7.82. The zero-order chi connectivity index (χ0) is 11.6. The summed E-state index contributed by atoms with van der Waals surface area (Å²) in [6, 6.07) is 0. The van der Waals surface area contributed by atoms with Gasteiger partial charge in [-0.15, -0.1) is 5.06 Å². The van der Waals surface area contributed by atoms with Gasteiger partial charge in [0.25, 0.3) is 0 Å². The molecular weight excluding hydrogens is 219 g/mol. The number of hydrogen-bond donors (Lipinski definition) is 1. The van der Waals surface area contributed by atoms with Crippen molar-refractivity contribution in [3.8, 4) is 0 Å². The fourth-order valence-corrected chi connectivity index (χ4v) is 1.20. The van der Waals surface area contributed by atoms with Gasteiger partial charge in [-0.05, 0) is 0 Å². The van der Waals surface area contributed by atoms with Crippen LogP contribution in [0.4, 0.5) is 13.2 Å². The molecule has 0 aromatic rings. The monoisotopic (exact) mass is 229 g/mol. The first kappa shape index (κ1) is 12.2. The summed E-state index contributed by atoms with van der Waals surface area (Å²) in [6.07, 6.45) is -6.64. The van der Waals surface area contributed by atoms with Crippen LogP contribution < -0.4 is 0 Å². The largest absolute Gasteiger partial charge is 0.492 e. The van der Waals surface area contributed by atoms with Crippen LogP contribution in [0.2, 0.25) is 0 Å². The average Bonchev–Trinajstić information content (AvgIpc) is 2.44. The van der Waals surface area contributed by atoms with E-state index in [4.69, 9.17) is 4.74 Å². The molecule has 1 aliphatic heterocycles. The van der Waals surface area contributed by atoms with Crippen LogP contribution in [0, 0.1) is 0 Å². The van der Waals surface area contributed by atoms with Crippen LogP contribution in [-0.4, -0.2) is 54.7 Å². The highest BCUT2D eigenvalue weighted by Crippen LogP contribution is 2.20. The number of hydrogen-bond acceptors (Lipinski definition) is 5. The van der Waals surface area contributed by atoms with Crippen molar-refractivity contribution in [2.75, 3.05) is 20.2 Å². The van der Waals surface area contributed by atoms with Crippen LogP contribution in [0.25, 0.3) is 0 Å². The Hall–Kier alpha value is -0.860. The lowest BCUT2D eigenvalue weighted by Gasteiger charge is -2.15. The standard InChI is InChI=1S/C7H10F3NO4/c1-14-5-3-11(2-4(5)12)15-6(13)7(8,9)10/h4-5,12H,2-3H2,1H3/t4-,5-/m1/s1. The third-order valence-corrected chi connectivity index (χ3v) is 1.95. The number of aliphatic hydroxyl groups excluding tert-OH is 1. The first-order chi connectivity index (χ1) is 6.84. The molecule has 88 valence electrons. The summed E-state index contributed by atoms with van der Waals surface area (Å²) in [5.41, 5.74) is 0. The molecule has 0 aliphatic carbocycles. The third kappa shape index (κ3) is 3.05. The molecule has 0 bridgehead atoms. The van der Waals surface area contributed by atoms with Gasteiger partial charge in [0.2, 0.25) is 0 Å². The molecule has 15 heavy (non-hydrogen) atoms. The summed E-state index contributed by atoms with van der Waals surface area (Å²) in [7, 11) is 1.31. The van der Waals surface area contributed by atoms with E-state index in [0.29, 0.717) is 0 Å². The normalized spacial score (nSPS) is 28.1. The number of hydroxylamine groups is 2. The molecule has 0 unspecified atom stereocenters. The van der Waals surface area contributed by atoms with Crippen molar-refractivity contribution in [2.45, 2.75) is 18.4 Å². The molecule has 0 radical (unpaired) electrons. The fourth-order valence-electron chi connectivity index (χ4n) is 1.20. The Morgan fingerprint density at radius 2 is 2.07 bits per heavy atom. The highest BCUT2D eigenvalue weighted by molar-refractivity contribution is 5.75. The third-order valence-electron chi connectivity index (χ3n) is 1.95. The lowest BCUT2D eigenvalue weighted by molar-refractivity contribution is -0.236. The van der Waals surface area contributed by atoms with E-state index in [-0.39, 0.29) is 13.1 Å². The molecule has 5 nitrogen and oxygen atoms in total. The summed E-state index contributed by atoms with van der Waals surface area (Å²) in [5.74, 6) is -2.30. The van der Waals surface area contributed by atoms with Gasteiger partial charge in [-0.25, -0.2) is 4.79 Å². The van der Waals surface area contributed by atoms with Crippen molar-refractivity contribution in [3.05, 3.63) is 0 Å². The highest BCUT2D eigenvalue weighted by atomic mass is 19.4. The molecule has 1 saturated heterocycles. The number of carbonyl (C=O) groups is 1. The number of aliphatic hydroxyl groups is 1. The van der Waals surface area contributed by atoms with Crippen molar-refractivity contribution in [1.82, 2.24) is 5.06 Å². The van der Waals surface area contributed by atoms with Crippen LogP contribution >= 0.6 is 0 Å². The van der Waals surface area contributed by atoms with Crippen LogP contribution in [0.1, 0.15) is 0 Å². The summed E-state index contributed by atoms with van der Waals surface area (Å²) in [4.78, 5) is 14.4. The molecule has 1 rings (SSSR count). The number of ether oxygens (including phenoxy) is 1. The van der Waals surface area contributed by atoms with Gasteiger partial charge in [0.05, 0.1) is 19.2 Å². The molecule has 8 heteroatoms. The van der Waals surface area contributed by atoms with Gasteiger partial charge < -0.3 is 14.7 Å². The Morgan fingerprint density at radius 3 is 2.47 bits per heavy atom. The minimum Gasteiger partial charge on any atom is -0.389 e. The van der Waals surface area contributed by atoms with Gasteiger partial charge >= 0.3 is 12.1 Å². The Balaban J connectivity index is 2.46. The number of halogens is 3. The summed E-state index contributed by atoms with van der Waals surface area (Å²) < 4.78 is 40.1. The van der Waals surface area contributed by atoms with Crippen molar-refractivity contribution >= 4 is 5.97 Å². The molecule has 0 spiro atoms. The van der Waals surface area contributed by atoms with E-state index in [1.165, 1.54) is 7.11 Å². The maximum Gasteiger partial charge on any atom is 0.492 e. The molecule has 1 N–H and O–H groups in total. The van der Waals surface area contributed by atoms with Gasteiger partial charge in [-0.2, -0.15) is 13.2 Å². The van der Waals surface area contributed by atoms with E-state index in [1.807, 2.05) is 0 Å². The van der Waals surface area contributed by atoms with Gasteiger partial charge in [-0.3, -0.25) is 0 Å². The van der Waals surface area contributed by atoms with E-state index in [1.54, 1.807) is 0 Å². The maximum atomic E-state index is 11.8. The minimum absolute atomic E-state index is 0.0838. The van der Waals surface area contributed by atoms with E-state index >= 15 is 0 Å². The quantitative estimate of drug-likeness (QED) is 0.704. The Morgan fingerprint density at radius 1 is 1.47 bits per heavy atom. The lowest BCUT2D eigenvalue weighted by Crippen LogP contribution is -2.34.